The van der Waals surface area contributed by atoms with E-state index in [2.05, 4.69) is 10.6 Å². The monoisotopic (exact) mass is 489 g/mol. The van der Waals surface area contributed by atoms with Crippen LogP contribution in [0.2, 0.25) is 0 Å². The van der Waals surface area contributed by atoms with Gasteiger partial charge in [-0.15, -0.1) is 0 Å². The Labute approximate surface area is 212 Å². The first-order chi connectivity index (χ1) is 16.2. The van der Waals surface area contributed by atoms with E-state index in [0.29, 0.717) is 13.0 Å². The average Bonchev–Trinajstić information content (AvgIpc) is 2.73. The lowest BCUT2D eigenvalue weighted by Crippen LogP contribution is -2.55. The molecule has 3 unspecified atom stereocenters. The molecule has 0 spiro atoms. The van der Waals surface area contributed by atoms with Crippen LogP contribution in [0.4, 0.5) is 4.79 Å². The third-order valence-corrected chi connectivity index (χ3v) is 5.90. The summed E-state index contributed by atoms with van der Waals surface area (Å²) >= 11 is 0. The Morgan fingerprint density at radius 2 is 1.66 bits per heavy atom. The zero-order valence-electron chi connectivity index (χ0n) is 23.5. The molecule has 0 aromatic heterocycles. The van der Waals surface area contributed by atoms with Gasteiger partial charge in [0.05, 0.1) is 0 Å². The van der Waals surface area contributed by atoms with E-state index in [1.165, 1.54) is 0 Å². The van der Waals surface area contributed by atoms with Crippen LogP contribution in [0.1, 0.15) is 97.4 Å². The smallest absolute Gasteiger partial charge is 0.408 e. The molecule has 0 aliphatic heterocycles. The average molecular weight is 490 g/mol. The standard InChI is InChI=1S/C28H47N3O4/c1-11-13-16-31(26(33)23(20(6)12-2)30-27(34)35-28(8,9)10)24(25(32)29-18(3)4)22-15-14-19(5)17-21(22)7/h14-15,17-18,20,23-24H,11-13,16H2,1-10H3,(H,29,32)(H,30,34). The van der Waals surface area contributed by atoms with Crippen molar-refractivity contribution in [3.05, 3.63) is 34.9 Å². The second-order valence-corrected chi connectivity index (χ2v) is 10.8. The van der Waals surface area contributed by atoms with E-state index in [4.69, 9.17) is 4.74 Å². The number of benzene rings is 1. The number of unbranched alkanes of at least 4 members (excludes halogenated alkanes) is 1. The number of hydrogen-bond donors (Lipinski definition) is 2. The molecule has 1 rings (SSSR count). The van der Waals surface area contributed by atoms with Gasteiger partial charge in [0.25, 0.3) is 0 Å². The number of carbonyl (C=O) groups excluding carboxylic acids is 3. The number of carbonyl (C=O) groups is 3. The van der Waals surface area contributed by atoms with E-state index in [1.807, 2.05) is 66.7 Å². The van der Waals surface area contributed by atoms with Crippen molar-refractivity contribution < 1.29 is 19.1 Å². The summed E-state index contributed by atoms with van der Waals surface area (Å²) in [5.74, 6) is -0.647. The summed E-state index contributed by atoms with van der Waals surface area (Å²) in [6, 6.07) is 4.23. The Balaban J connectivity index is 3.55. The van der Waals surface area contributed by atoms with Crippen LogP contribution in [0.3, 0.4) is 0 Å². The molecule has 2 N–H and O–H groups in total. The molecule has 7 nitrogen and oxygen atoms in total. The summed E-state index contributed by atoms with van der Waals surface area (Å²) in [5.41, 5.74) is 2.14. The van der Waals surface area contributed by atoms with Crippen LogP contribution in [-0.4, -0.2) is 47.0 Å². The maximum absolute atomic E-state index is 14.1. The van der Waals surface area contributed by atoms with E-state index in [-0.39, 0.29) is 23.8 Å². The van der Waals surface area contributed by atoms with Crippen molar-refractivity contribution in [1.82, 2.24) is 15.5 Å². The quantitative estimate of drug-likeness (QED) is 0.433. The highest BCUT2D eigenvalue weighted by atomic mass is 16.6. The first kappa shape index (κ1) is 30.5. The fraction of sp³-hybridized carbons (Fsp3) is 0.679. The minimum Gasteiger partial charge on any atom is -0.444 e. The molecule has 0 aliphatic carbocycles. The topological polar surface area (TPSA) is 87.7 Å². The summed E-state index contributed by atoms with van der Waals surface area (Å²) in [7, 11) is 0. The fourth-order valence-corrected chi connectivity index (χ4v) is 3.94. The van der Waals surface area contributed by atoms with Crippen molar-refractivity contribution in [2.24, 2.45) is 5.92 Å². The van der Waals surface area contributed by atoms with Gasteiger partial charge < -0.3 is 20.3 Å². The molecule has 35 heavy (non-hydrogen) atoms. The van der Waals surface area contributed by atoms with E-state index >= 15 is 0 Å². The molecule has 0 fully saturated rings. The van der Waals surface area contributed by atoms with Gasteiger partial charge in [-0.2, -0.15) is 0 Å². The van der Waals surface area contributed by atoms with E-state index < -0.39 is 23.8 Å². The predicted octanol–water partition coefficient (Wildman–Crippen LogP) is 5.44. The zero-order valence-corrected chi connectivity index (χ0v) is 23.5. The van der Waals surface area contributed by atoms with Gasteiger partial charge in [-0.1, -0.05) is 57.4 Å². The number of ether oxygens (including phenoxy) is 1. The van der Waals surface area contributed by atoms with Crippen molar-refractivity contribution in [3.63, 3.8) is 0 Å². The number of nitrogens with zero attached hydrogens (tertiary/aromatic N) is 1. The summed E-state index contributed by atoms with van der Waals surface area (Å²) in [4.78, 5) is 42.0. The van der Waals surface area contributed by atoms with Gasteiger partial charge in [0.15, 0.2) is 0 Å². The van der Waals surface area contributed by atoms with Gasteiger partial charge in [-0.05, 0) is 71.9 Å². The molecule has 3 atom stereocenters. The lowest BCUT2D eigenvalue weighted by molar-refractivity contribution is -0.143. The largest absolute Gasteiger partial charge is 0.444 e. The number of alkyl carbamates (subject to hydrolysis) is 1. The third-order valence-electron chi connectivity index (χ3n) is 5.90. The molecule has 0 aliphatic rings. The molecule has 1 aromatic carbocycles. The Morgan fingerprint density at radius 3 is 2.14 bits per heavy atom. The zero-order chi connectivity index (χ0) is 26.9. The van der Waals surface area contributed by atoms with Crippen LogP contribution in [0.15, 0.2) is 18.2 Å². The summed E-state index contributed by atoms with van der Waals surface area (Å²) < 4.78 is 5.45. The second kappa shape index (κ2) is 13.5. The van der Waals surface area contributed by atoms with Crippen LogP contribution in [-0.2, 0) is 14.3 Å². The molecule has 0 radical (unpaired) electrons. The molecule has 0 saturated carbocycles. The maximum atomic E-state index is 14.1. The van der Waals surface area contributed by atoms with Crippen LogP contribution >= 0.6 is 0 Å². The van der Waals surface area contributed by atoms with Gasteiger partial charge in [0, 0.05) is 12.6 Å². The van der Waals surface area contributed by atoms with Crippen LogP contribution in [0.5, 0.6) is 0 Å². The van der Waals surface area contributed by atoms with Gasteiger partial charge in [0.1, 0.15) is 17.7 Å². The Morgan fingerprint density at radius 1 is 1.03 bits per heavy atom. The normalized spacial score (nSPS) is 14.1. The van der Waals surface area contributed by atoms with Crippen LogP contribution < -0.4 is 10.6 Å². The number of aryl methyl sites for hydroxylation is 2. The number of nitrogens with one attached hydrogen (secondary N) is 2. The molecule has 0 saturated heterocycles. The molecular formula is C28H47N3O4. The van der Waals surface area contributed by atoms with Crippen molar-refractivity contribution >= 4 is 17.9 Å². The molecule has 0 bridgehead atoms. The van der Waals surface area contributed by atoms with Crippen molar-refractivity contribution in [2.75, 3.05) is 6.54 Å². The highest BCUT2D eigenvalue weighted by Crippen LogP contribution is 2.28. The van der Waals surface area contributed by atoms with Gasteiger partial charge >= 0.3 is 6.09 Å². The summed E-state index contributed by atoms with van der Waals surface area (Å²) in [6.45, 7) is 19.5. The maximum Gasteiger partial charge on any atom is 0.408 e. The van der Waals surface area contributed by atoms with Gasteiger partial charge in [-0.25, -0.2) is 4.79 Å². The van der Waals surface area contributed by atoms with E-state index in [1.54, 1.807) is 25.7 Å². The van der Waals surface area contributed by atoms with Crippen molar-refractivity contribution in [1.29, 1.82) is 0 Å². The first-order valence-corrected chi connectivity index (χ1v) is 12.9. The minimum atomic E-state index is -0.813. The van der Waals surface area contributed by atoms with Crippen molar-refractivity contribution in [2.45, 2.75) is 112 Å². The summed E-state index contributed by atoms with van der Waals surface area (Å²) in [5, 5.41) is 5.81. The van der Waals surface area contributed by atoms with E-state index in [0.717, 1.165) is 29.5 Å². The van der Waals surface area contributed by atoms with Gasteiger partial charge in [0.2, 0.25) is 11.8 Å². The molecule has 7 heteroatoms. The second-order valence-electron chi connectivity index (χ2n) is 10.8. The van der Waals surface area contributed by atoms with Gasteiger partial charge in [-0.3, -0.25) is 9.59 Å². The third kappa shape index (κ3) is 9.54. The Kier molecular flexibility index (Phi) is 11.7. The number of amides is 3. The number of rotatable bonds is 11. The lowest BCUT2D eigenvalue weighted by atomic mass is 9.93. The lowest BCUT2D eigenvalue weighted by Gasteiger charge is -2.37. The molecule has 0 heterocycles. The van der Waals surface area contributed by atoms with Crippen LogP contribution in [0, 0.1) is 19.8 Å². The fourth-order valence-electron chi connectivity index (χ4n) is 3.94. The van der Waals surface area contributed by atoms with E-state index in [9.17, 15) is 14.4 Å². The minimum absolute atomic E-state index is 0.0795. The van der Waals surface area contributed by atoms with Crippen LogP contribution in [0.25, 0.3) is 0 Å². The molecule has 198 valence electrons. The SMILES string of the molecule is CCCCN(C(=O)C(NC(=O)OC(C)(C)C)C(C)CC)C(C(=O)NC(C)C)c1ccc(C)cc1C. The van der Waals surface area contributed by atoms with Crippen molar-refractivity contribution in [3.8, 4) is 0 Å². The molecule has 1 aromatic rings. The predicted molar refractivity (Wildman–Crippen MR) is 141 cm³/mol. The summed E-state index contributed by atoms with van der Waals surface area (Å²) in [6.07, 6.45) is 1.64. The Hall–Kier alpha value is -2.57. The Bertz CT molecular complexity index is 860. The molecule has 3 amide bonds. The number of hydrogen-bond acceptors (Lipinski definition) is 4. The molecular weight excluding hydrogens is 442 g/mol. The highest BCUT2D eigenvalue weighted by molar-refractivity contribution is 5.92. The highest BCUT2D eigenvalue weighted by Gasteiger charge is 2.38. The first-order valence-electron chi connectivity index (χ1n) is 12.9.